The van der Waals surface area contributed by atoms with Crippen LogP contribution in [0.5, 0.6) is 0 Å². The van der Waals surface area contributed by atoms with Crippen molar-refractivity contribution in [3.05, 3.63) is 0 Å². The van der Waals surface area contributed by atoms with Gasteiger partial charge < -0.3 is 0 Å². The molecule has 146 valence electrons. The summed E-state index contributed by atoms with van der Waals surface area (Å²) < 4.78 is 1.34. The molecule has 6 bridgehead atoms. The molecule has 0 aromatic carbocycles. The van der Waals surface area contributed by atoms with Crippen molar-refractivity contribution in [2.24, 2.45) is 21.7 Å². The summed E-state index contributed by atoms with van der Waals surface area (Å²) >= 11 is 0. The molecule has 5 rings (SSSR count). The Bertz CT molecular complexity index is 738. The number of hydrogen-bond donors (Lipinski definition) is 0. The van der Waals surface area contributed by atoms with E-state index in [-0.39, 0.29) is 22.5 Å². The zero-order valence-electron chi connectivity index (χ0n) is 18.7. The molecular weight excluding hydrogens is 426 g/mol. The summed E-state index contributed by atoms with van der Waals surface area (Å²) in [6.07, 6.45) is 0. The maximum atomic E-state index is 2.61. The van der Waals surface area contributed by atoms with Crippen molar-refractivity contribution in [2.45, 2.75) is 92.4 Å². The number of rotatable bonds is 0. The second-order valence-electron chi connectivity index (χ2n) is 12.3. The Morgan fingerprint density at radius 2 is 1.04 bits per heavy atom. The minimum absolute atomic E-state index is 0.0931. The lowest BCUT2D eigenvalue weighted by Crippen LogP contribution is -2.39. The van der Waals surface area contributed by atoms with Crippen LogP contribution < -0.4 is 0 Å². The van der Waals surface area contributed by atoms with E-state index in [1.807, 2.05) is 26.5 Å². The quantitative estimate of drug-likeness (QED) is 0.314. The highest BCUT2D eigenvalue weighted by atomic mass is 32.7. The van der Waals surface area contributed by atoms with Crippen LogP contribution in [0, 0.1) is 21.7 Å². The van der Waals surface area contributed by atoms with Crippen molar-refractivity contribution in [1.29, 1.82) is 0 Å². The van der Waals surface area contributed by atoms with Gasteiger partial charge in [-0.25, -0.2) is 0 Å². The van der Waals surface area contributed by atoms with E-state index < -0.39 is 0 Å². The van der Waals surface area contributed by atoms with Gasteiger partial charge in [-0.1, -0.05) is 99.5 Å². The first kappa shape index (κ1) is 21.3. The fraction of sp³-hybridized carbons (Fsp3) is 0.900. The summed E-state index contributed by atoms with van der Waals surface area (Å²) in [5, 5.41) is 4.05. The third-order valence-electron chi connectivity index (χ3n) is 5.95. The zero-order valence-corrected chi connectivity index (χ0v) is 24.0. The molecule has 2 saturated heterocycles. The van der Waals surface area contributed by atoms with E-state index in [1.54, 1.807) is 0 Å². The molecule has 6 unspecified atom stereocenters. The summed E-state index contributed by atoms with van der Waals surface area (Å²) in [4.78, 5) is 0. The molecule has 0 nitrogen and oxygen atoms in total. The third kappa shape index (κ3) is 2.32. The lowest BCUT2D eigenvalue weighted by atomic mass is 9.98. The van der Waals surface area contributed by atoms with E-state index >= 15 is 0 Å². The Labute approximate surface area is 170 Å². The van der Waals surface area contributed by atoms with E-state index in [9.17, 15) is 0 Å². The summed E-state index contributed by atoms with van der Waals surface area (Å²) in [5.41, 5.74) is 1.73. The Hall–Kier alpha value is 2.06. The van der Waals surface area contributed by atoms with Crippen molar-refractivity contribution < 1.29 is 0 Å². The van der Waals surface area contributed by atoms with Crippen LogP contribution in [0.25, 0.3) is 0 Å². The molecule has 5 heterocycles. The molecule has 6 atom stereocenters. The lowest BCUT2D eigenvalue weighted by Gasteiger charge is -2.53. The minimum atomic E-state index is 0.0931. The van der Waals surface area contributed by atoms with E-state index in [4.69, 9.17) is 0 Å². The van der Waals surface area contributed by atoms with Gasteiger partial charge in [0.25, 0.3) is 0 Å². The first-order valence-electron chi connectivity index (χ1n) is 9.84. The van der Waals surface area contributed by atoms with Gasteiger partial charge in [-0.2, -0.15) is 0 Å². The van der Waals surface area contributed by atoms with Crippen LogP contribution in [-0.2, 0) is 0 Å². The first-order chi connectivity index (χ1) is 11.4. The van der Waals surface area contributed by atoms with Gasteiger partial charge in [-0.05, 0) is 61.5 Å². The predicted molar refractivity (Wildman–Crippen MR) is 135 cm³/mol. The topological polar surface area (TPSA) is 0 Å². The lowest BCUT2D eigenvalue weighted by molar-refractivity contribution is 0.416. The van der Waals surface area contributed by atoms with Crippen LogP contribution in [0.15, 0.2) is 0 Å². The van der Waals surface area contributed by atoms with E-state index in [2.05, 4.69) is 83.1 Å². The van der Waals surface area contributed by atoms with Gasteiger partial charge in [0.1, 0.15) is 0 Å². The van der Waals surface area contributed by atoms with Crippen LogP contribution in [0.2, 0.25) is 0 Å². The summed E-state index contributed by atoms with van der Waals surface area (Å²) in [6, 6.07) is 0. The van der Waals surface area contributed by atoms with Gasteiger partial charge in [0.15, 0.2) is 0 Å². The maximum absolute atomic E-state index is 2.61. The van der Waals surface area contributed by atoms with Gasteiger partial charge in [0.2, 0.25) is 0 Å². The summed E-state index contributed by atoms with van der Waals surface area (Å²) in [5.74, 6) is 0. The summed E-state index contributed by atoms with van der Waals surface area (Å²) in [6.45, 7) is 30.8. The molecule has 0 radical (unpaired) electrons. The van der Waals surface area contributed by atoms with Gasteiger partial charge >= 0.3 is 0 Å². The van der Waals surface area contributed by atoms with Crippen molar-refractivity contribution in [2.75, 3.05) is 0 Å². The molecule has 0 N–H and O–H groups in total. The number of hydrogen-bond acceptors (Lipinski definition) is 0. The molecule has 0 aliphatic carbocycles. The molecule has 5 aliphatic rings. The first-order valence-corrected chi connectivity index (χ1v) is 19.1. The standard InChI is InChI=1S/C20H36P6/c1-15(2,3)13-21-20(18(10,11)12)25-19(17(7,8)9)22-14(16(4,5)6)24(23(13)19)26(20)25/h1-12H3. The Kier molecular flexibility index (Phi) is 4.47. The molecule has 0 aromatic heterocycles. The third-order valence-corrected chi connectivity index (χ3v) is 47.3. The Morgan fingerprint density at radius 1 is 0.615 bits per heavy atom. The van der Waals surface area contributed by atoms with Crippen LogP contribution in [0.3, 0.4) is 0 Å². The van der Waals surface area contributed by atoms with Crippen LogP contribution in [0.4, 0.5) is 0 Å². The van der Waals surface area contributed by atoms with Crippen molar-refractivity contribution in [1.82, 2.24) is 0 Å². The molecule has 0 saturated carbocycles. The Morgan fingerprint density at radius 3 is 1.42 bits per heavy atom. The SMILES string of the molecule is CC(C)(C)C1=PC2(C(C)(C)C)P3C(C(C)(C)C)=PC4(C(C)(C)C)P(P13)P24. The fourth-order valence-corrected chi connectivity index (χ4v) is 72.1. The normalized spacial score (nSPS) is 45.4. The average molecular weight is 462 g/mol. The second-order valence-corrected chi connectivity index (χ2v) is 32.9. The van der Waals surface area contributed by atoms with Crippen LogP contribution >= 0.6 is 46.2 Å². The molecule has 5 aliphatic heterocycles. The van der Waals surface area contributed by atoms with Crippen molar-refractivity contribution in [3.8, 4) is 0 Å². The molecule has 2 fully saturated rings. The molecule has 0 spiro atoms. The van der Waals surface area contributed by atoms with Gasteiger partial charge in [-0.3, -0.25) is 0 Å². The highest BCUT2D eigenvalue weighted by Crippen LogP contribution is 3.37. The van der Waals surface area contributed by atoms with Crippen LogP contribution in [-0.4, -0.2) is 19.3 Å². The van der Waals surface area contributed by atoms with Crippen molar-refractivity contribution in [3.63, 3.8) is 0 Å². The highest BCUT2D eigenvalue weighted by Gasteiger charge is 2.91. The molecule has 0 amide bonds. The van der Waals surface area contributed by atoms with E-state index in [0.717, 1.165) is 0 Å². The van der Waals surface area contributed by atoms with Gasteiger partial charge in [0.05, 0.1) is 9.28 Å². The van der Waals surface area contributed by atoms with Gasteiger partial charge in [0, 0.05) is 0 Å². The minimum Gasteiger partial charge on any atom is -0.0814 e. The zero-order chi connectivity index (χ0) is 19.9. The largest absolute Gasteiger partial charge is 0.0814 e. The molecule has 0 aromatic rings. The molecule has 6 heteroatoms. The second kappa shape index (κ2) is 5.45. The predicted octanol–water partition coefficient (Wildman–Crippen LogP) is 10.4. The highest BCUT2D eigenvalue weighted by molar-refractivity contribution is 9.00. The fourth-order valence-electron chi connectivity index (χ4n) is 4.61. The smallest absolute Gasteiger partial charge is 0.0711 e. The van der Waals surface area contributed by atoms with Gasteiger partial charge in [-0.15, -0.1) is 0 Å². The average Bonchev–Trinajstić information content (AvgIpc) is 2.89. The van der Waals surface area contributed by atoms with E-state index in [1.165, 1.54) is 0 Å². The Balaban J connectivity index is 2.03. The maximum Gasteiger partial charge on any atom is 0.0711 e. The van der Waals surface area contributed by atoms with E-state index in [0.29, 0.717) is 38.2 Å². The monoisotopic (exact) mass is 462 g/mol. The summed E-state index contributed by atoms with van der Waals surface area (Å²) in [7, 11) is 4.43. The van der Waals surface area contributed by atoms with Crippen LogP contribution in [0.1, 0.15) is 83.1 Å². The van der Waals surface area contributed by atoms with Crippen molar-refractivity contribution >= 4 is 56.3 Å². The molecular formula is C20H36P6. The molecule has 26 heavy (non-hydrogen) atoms.